The Kier molecular flexibility index (Phi) is 6.08. The summed E-state index contributed by atoms with van der Waals surface area (Å²) in [5.74, 6) is 1.77. The summed E-state index contributed by atoms with van der Waals surface area (Å²) < 4.78 is 1.93. The van der Waals surface area contributed by atoms with Gasteiger partial charge in [0, 0.05) is 24.8 Å². The van der Waals surface area contributed by atoms with Gasteiger partial charge in [0.25, 0.3) is 0 Å². The van der Waals surface area contributed by atoms with Crippen molar-refractivity contribution in [2.24, 2.45) is 18.9 Å². The van der Waals surface area contributed by atoms with Crippen LogP contribution in [0, 0.1) is 11.8 Å². The highest BCUT2D eigenvalue weighted by atomic mass is 15.2. The molecule has 0 spiro atoms. The Bertz CT molecular complexity index is 377. The van der Waals surface area contributed by atoms with E-state index in [1.165, 1.54) is 50.5 Å². The second-order valence-corrected chi connectivity index (χ2v) is 6.45. The second-order valence-electron chi connectivity index (χ2n) is 6.45. The van der Waals surface area contributed by atoms with E-state index in [0.717, 1.165) is 18.4 Å². The molecule has 1 aliphatic carbocycles. The highest BCUT2D eigenvalue weighted by Gasteiger charge is 2.28. The topological polar surface area (TPSA) is 29.9 Å². The van der Waals surface area contributed by atoms with Crippen molar-refractivity contribution in [3.8, 4) is 0 Å². The van der Waals surface area contributed by atoms with Crippen LogP contribution in [-0.4, -0.2) is 16.3 Å². The predicted octanol–water partition coefficient (Wildman–Crippen LogP) is 4.07. The van der Waals surface area contributed by atoms with Gasteiger partial charge >= 0.3 is 0 Å². The molecule has 0 amide bonds. The molecule has 1 unspecified atom stereocenters. The van der Waals surface area contributed by atoms with Gasteiger partial charge in [-0.2, -0.15) is 5.10 Å². The molecule has 1 aliphatic rings. The quantitative estimate of drug-likeness (QED) is 0.814. The van der Waals surface area contributed by atoms with Crippen LogP contribution in [0.1, 0.15) is 70.4 Å². The van der Waals surface area contributed by atoms with Crippen molar-refractivity contribution in [1.29, 1.82) is 0 Å². The standard InChI is InChI=1S/C17H31N3/c1-4-6-14-7-9-15(10-8-14)17(18-11-5-2)16-12-19-20(3)13-16/h12-15,17-18H,4-11H2,1-3H3. The van der Waals surface area contributed by atoms with E-state index in [2.05, 4.69) is 30.5 Å². The molecule has 1 aromatic rings. The number of nitrogens with one attached hydrogen (secondary N) is 1. The number of hydrogen-bond acceptors (Lipinski definition) is 2. The maximum atomic E-state index is 4.36. The molecule has 1 aromatic heterocycles. The molecular weight excluding hydrogens is 246 g/mol. The average Bonchev–Trinajstić information content (AvgIpc) is 2.88. The molecule has 0 aliphatic heterocycles. The van der Waals surface area contributed by atoms with Crippen LogP contribution in [0.4, 0.5) is 0 Å². The Morgan fingerprint density at radius 1 is 1.25 bits per heavy atom. The molecule has 0 bridgehead atoms. The zero-order valence-corrected chi connectivity index (χ0v) is 13.4. The Labute approximate surface area is 124 Å². The summed E-state index contributed by atoms with van der Waals surface area (Å²) in [5, 5.41) is 8.12. The first-order valence-electron chi connectivity index (χ1n) is 8.46. The lowest BCUT2D eigenvalue weighted by Gasteiger charge is -2.34. The van der Waals surface area contributed by atoms with Gasteiger partial charge < -0.3 is 5.32 Å². The molecule has 1 N–H and O–H groups in total. The van der Waals surface area contributed by atoms with Crippen LogP contribution < -0.4 is 5.32 Å². The number of nitrogens with zero attached hydrogens (tertiary/aromatic N) is 2. The highest BCUT2D eigenvalue weighted by Crippen LogP contribution is 2.38. The summed E-state index contributed by atoms with van der Waals surface area (Å²) >= 11 is 0. The molecule has 3 nitrogen and oxygen atoms in total. The monoisotopic (exact) mass is 277 g/mol. The molecule has 0 radical (unpaired) electrons. The molecule has 2 rings (SSSR count). The predicted molar refractivity (Wildman–Crippen MR) is 84.6 cm³/mol. The minimum absolute atomic E-state index is 0.506. The SMILES string of the molecule is CCCNC(c1cnn(C)c1)C1CCC(CCC)CC1. The second kappa shape index (κ2) is 7.82. The van der Waals surface area contributed by atoms with Gasteiger partial charge in [-0.15, -0.1) is 0 Å². The number of aryl methyl sites for hydroxylation is 1. The van der Waals surface area contributed by atoms with Gasteiger partial charge in [-0.25, -0.2) is 0 Å². The zero-order valence-electron chi connectivity index (χ0n) is 13.4. The summed E-state index contributed by atoms with van der Waals surface area (Å²) in [6, 6.07) is 0.506. The van der Waals surface area contributed by atoms with Gasteiger partial charge in [0.2, 0.25) is 0 Å². The van der Waals surface area contributed by atoms with Crippen LogP contribution in [0.15, 0.2) is 12.4 Å². The molecule has 0 aromatic carbocycles. The van der Waals surface area contributed by atoms with E-state index in [9.17, 15) is 0 Å². The van der Waals surface area contributed by atoms with E-state index in [1.54, 1.807) is 0 Å². The summed E-state index contributed by atoms with van der Waals surface area (Å²) in [6.07, 6.45) is 13.8. The maximum Gasteiger partial charge on any atom is 0.0537 e. The molecule has 1 atom stereocenters. The molecule has 20 heavy (non-hydrogen) atoms. The fraction of sp³-hybridized carbons (Fsp3) is 0.824. The summed E-state index contributed by atoms with van der Waals surface area (Å²) in [4.78, 5) is 0. The highest BCUT2D eigenvalue weighted by molar-refractivity contribution is 5.12. The molecule has 0 saturated heterocycles. The summed E-state index contributed by atoms with van der Waals surface area (Å²) in [7, 11) is 2.01. The van der Waals surface area contributed by atoms with E-state index in [0.29, 0.717) is 6.04 Å². The largest absolute Gasteiger partial charge is 0.310 e. The molecular formula is C17H31N3. The third kappa shape index (κ3) is 4.08. The van der Waals surface area contributed by atoms with Crippen LogP contribution in [0.5, 0.6) is 0 Å². The van der Waals surface area contributed by atoms with Gasteiger partial charge in [0.05, 0.1) is 6.20 Å². The van der Waals surface area contributed by atoms with Crippen molar-refractivity contribution in [3.63, 3.8) is 0 Å². The van der Waals surface area contributed by atoms with Gasteiger partial charge in [0.1, 0.15) is 0 Å². The van der Waals surface area contributed by atoms with E-state index < -0.39 is 0 Å². The fourth-order valence-electron chi connectivity index (χ4n) is 3.68. The van der Waals surface area contributed by atoms with Crippen molar-refractivity contribution in [1.82, 2.24) is 15.1 Å². The Hall–Kier alpha value is -0.830. The summed E-state index contributed by atoms with van der Waals surface area (Å²) in [5.41, 5.74) is 1.37. The van der Waals surface area contributed by atoms with Crippen molar-refractivity contribution < 1.29 is 0 Å². The zero-order chi connectivity index (χ0) is 14.4. The van der Waals surface area contributed by atoms with E-state index in [4.69, 9.17) is 0 Å². The van der Waals surface area contributed by atoms with Crippen LogP contribution in [0.2, 0.25) is 0 Å². The van der Waals surface area contributed by atoms with Gasteiger partial charge in [-0.05, 0) is 37.6 Å². The van der Waals surface area contributed by atoms with Crippen molar-refractivity contribution in [2.75, 3.05) is 6.54 Å². The van der Waals surface area contributed by atoms with E-state index in [-0.39, 0.29) is 0 Å². The molecule has 1 heterocycles. The number of rotatable bonds is 7. The van der Waals surface area contributed by atoms with Gasteiger partial charge in [-0.3, -0.25) is 4.68 Å². The first-order valence-corrected chi connectivity index (χ1v) is 8.46. The molecule has 1 saturated carbocycles. The third-order valence-electron chi connectivity index (χ3n) is 4.76. The van der Waals surface area contributed by atoms with Crippen LogP contribution >= 0.6 is 0 Å². The lowest BCUT2D eigenvalue weighted by Crippen LogP contribution is -2.31. The van der Waals surface area contributed by atoms with Crippen molar-refractivity contribution in [2.45, 2.75) is 64.8 Å². The molecule has 1 fully saturated rings. The number of hydrogen-bond donors (Lipinski definition) is 1. The smallest absolute Gasteiger partial charge is 0.0537 e. The van der Waals surface area contributed by atoms with Gasteiger partial charge in [0.15, 0.2) is 0 Å². The Morgan fingerprint density at radius 2 is 2.00 bits per heavy atom. The Morgan fingerprint density at radius 3 is 2.55 bits per heavy atom. The minimum Gasteiger partial charge on any atom is -0.310 e. The first-order chi connectivity index (χ1) is 9.74. The van der Waals surface area contributed by atoms with E-state index in [1.807, 2.05) is 17.9 Å². The lowest BCUT2D eigenvalue weighted by molar-refractivity contribution is 0.214. The molecule has 114 valence electrons. The van der Waals surface area contributed by atoms with Gasteiger partial charge in [-0.1, -0.05) is 39.5 Å². The first kappa shape index (κ1) is 15.6. The number of aromatic nitrogens is 2. The van der Waals surface area contributed by atoms with Crippen LogP contribution in [0.3, 0.4) is 0 Å². The Balaban J connectivity index is 1.97. The lowest BCUT2D eigenvalue weighted by atomic mass is 9.76. The maximum absolute atomic E-state index is 4.36. The van der Waals surface area contributed by atoms with Crippen molar-refractivity contribution in [3.05, 3.63) is 18.0 Å². The molecule has 3 heteroatoms. The summed E-state index contributed by atoms with van der Waals surface area (Å²) in [6.45, 7) is 5.66. The third-order valence-corrected chi connectivity index (χ3v) is 4.76. The minimum atomic E-state index is 0.506. The normalized spacial score (nSPS) is 24.8. The van der Waals surface area contributed by atoms with Crippen LogP contribution in [0.25, 0.3) is 0 Å². The van der Waals surface area contributed by atoms with Crippen molar-refractivity contribution >= 4 is 0 Å². The van der Waals surface area contributed by atoms with E-state index >= 15 is 0 Å². The average molecular weight is 277 g/mol. The van der Waals surface area contributed by atoms with Crippen LogP contribution in [-0.2, 0) is 7.05 Å². The fourth-order valence-corrected chi connectivity index (χ4v) is 3.68.